The lowest BCUT2D eigenvalue weighted by Gasteiger charge is -2.17. The van der Waals surface area contributed by atoms with Gasteiger partial charge in [-0.3, -0.25) is 4.79 Å². The lowest BCUT2D eigenvalue weighted by atomic mass is 9.99. The van der Waals surface area contributed by atoms with Crippen molar-refractivity contribution in [1.29, 1.82) is 0 Å². The summed E-state index contributed by atoms with van der Waals surface area (Å²) >= 11 is 0. The number of rotatable bonds is 17. The number of carbonyl (C=O) groups excluding carboxylic acids is 1. The third kappa shape index (κ3) is 15.4. The number of aliphatic hydroxyl groups excluding tert-OH is 2. The van der Waals surface area contributed by atoms with Gasteiger partial charge >= 0.3 is 0 Å². The zero-order valence-corrected chi connectivity index (χ0v) is 17.0. The number of amides is 1. The van der Waals surface area contributed by atoms with E-state index in [1.165, 1.54) is 32.1 Å². The molecule has 25 heavy (non-hydrogen) atoms. The predicted molar refractivity (Wildman–Crippen MR) is 106 cm³/mol. The van der Waals surface area contributed by atoms with Gasteiger partial charge < -0.3 is 15.1 Å². The molecule has 0 bridgehead atoms. The van der Waals surface area contributed by atoms with Crippen LogP contribution in [0.2, 0.25) is 0 Å². The normalized spacial score (nSPS) is 13.6. The molecular weight excluding hydrogens is 314 g/mol. The summed E-state index contributed by atoms with van der Waals surface area (Å²) in [4.78, 5) is 13.1. The first-order chi connectivity index (χ1) is 12.0. The van der Waals surface area contributed by atoms with E-state index in [4.69, 9.17) is 0 Å². The standard InChI is InChI=1S/C21H43NO3/c1-4-5-6-7-10-13-16-19(23)20(24)17-14-11-8-9-12-15-18-21(25)22(2)3/h19-20,23-24H,4-18H2,1-3H3. The number of aliphatic hydroxyl groups is 2. The van der Waals surface area contributed by atoms with Crippen molar-refractivity contribution in [3.8, 4) is 0 Å². The van der Waals surface area contributed by atoms with Crippen LogP contribution >= 0.6 is 0 Å². The van der Waals surface area contributed by atoms with Gasteiger partial charge in [0, 0.05) is 20.5 Å². The summed E-state index contributed by atoms with van der Waals surface area (Å²) in [5.41, 5.74) is 0. The Kier molecular flexibility index (Phi) is 16.4. The van der Waals surface area contributed by atoms with Gasteiger partial charge in [0.15, 0.2) is 0 Å². The molecule has 4 heteroatoms. The summed E-state index contributed by atoms with van der Waals surface area (Å²) in [6.07, 6.45) is 14.7. The van der Waals surface area contributed by atoms with Gasteiger partial charge in [-0.15, -0.1) is 0 Å². The summed E-state index contributed by atoms with van der Waals surface area (Å²) in [6.45, 7) is 2.21. The second-order valence-electron chi connectivity index (χ2n) is 7.64. The van der Waals surface area contributed by atoms with Crippen LogP contribution in [0.3, 0.4) is 0 Å². The van der Waals surface area contributed by atoms with E-state index in [1.807, 2.05) is 0 Å². The monoisotopic (exact) mass is 357 g/mol. The molecule has 0 aromatic heterocycles. The molecule has 0 aliphatic heterocycles. The smallest absolute Gasteiger partial charge is 0.222 e. The molecule has 0 aliphatic rings. The van der Waals surface area contributed by atoms with Gasteiger partial charge in [0.1, 0.15) is 0 Å². The summed E-state index contributed by atoms with van der Waals surface area (Å²) in [5, 5.41) is 20.0. The zero-order chi connectivity index (χ0) is 18.9. The van der Waals surface area contributed by atoms with E-state index in [-0.39, 0.29) is 5.91 Å². The summed E-state index contributed by atoms with van der Waals surface area (Å²) < 4.78 is 0. The fourth-order valence-electron chi connectivity index (χ4n) is 3.08. The molecule has 150 valence electrons. The molecule has 0 aromatic rings. The van der Waals surface area contributed by atoms with Crippen molar-refractivity contribution in [1.82, 2.24) is 4.90 Å². The van der Waals surface area contributed by atoms with Crippen LogP contribution in [0.5, 0.6) is 0 Å². The van der Waals surface area contributed by atoms with Gasteiger partial charge in [0.25, 0.3) is 0 Å². The van der Waals surface area contributed by atoms with E-state index in [2.05, 4.69) is 6.92 Å². The third-order valence-electron chi connectivity index (χ3n) is 4.94. The van der Waals surface area contributed by atoms with Crippen molar-refractivity contribution in [2.45, 2.75) is 115 Å². The van der Waals surface area contributed by atoms with Crippen LogP contribution in [-0.4, -0.2) is 47.3 Å². The average Bonchev–Trinajstić information content (AvgIpc) is 2.59. The van der Waals surface area contributed by atoms with Crippen molar-refractivity contribution in [3.05, 3.63) is 0 Å². The number of hydrogen-bond acceptors (Lipinski definition) is 3. The van der Waals surface area contributed by atoms with Crippen LogP contribution in [-0.2, 0) is 4.79 Å². The van der Waals surface area contributed by atoms with E-state index >= 15 is 0 Å². The minimum atomic E-state index is -0.562. The van der Waals surface area contributed by atoms with E-state index in [9.17, 15) is 15.0 Å². The minimum absolute atomic E-state index is 0.211. The van der Waals surface area contributed by atoms with Crippen molar-refractivity contribution in [2.24, 2.45) is 0 Å². The maximum absolute atomic E-state index is 11.4. The molecule has 1 amide bonds. The van der Waals surface area contributed by atoms with E-state index in [1.54, 1.807) is 19.0 Å². The summed E-state index contributed by atoms with van der Waals surface area (Å²) in [5.74, 6) is 0.211. The Morgan fingerprint density at radius 1 is 0.720 bits per heavy atom. The molecular formula is C21H43NO3. The molecule has 2 unspecified atom stereocenters. The molecule has 0 heterocycles. The molecule has 0 aromatic carbocycles. The first-order valence-electron chi connectivity index (χ1n) is 10.5. The van der Waals surface area contributed by atoms with Crippen LogP contribution in [0.1, 0.15) is 103 Å². The lowest BCUT2D eigenvalue weighted by Crippen LogP contribution is -2.25. The van der Waals surface area contributed by atoms with Gasteiger partial charge in [0.2, 0.25) is 5.91 Å². The van der Waals surface area contributed by atoms with Crippen LogP contribution < -0.4 is 0 Å². The Morgan fingerprint density at radius 3 is 1.56 bits per heavy atom. The van der Waals surface area contributed by atoms with E-state index < -0.39 is 12.2 Å². The first-order valence-corrected chi connectivity index (χ1v) is 10.5. The quantitative estimate of drug-likeness (QED) is 0.372. The molecule has 0 saturated heterocycles. The van der Waals surface area contributed by atoms with Crippen LogP contribution in [0, 0.1) is 0 Å². The Balaban J connectivity index is 3.41. The third-order valence-corrected chi connectivity index (χ3v) is 4.94. The second kappa shape index (κ2) is 16.8. The predicted octanol–water partition coefficient (Wildman–Crippen LogP) is 4.67. The van der Waals surface area contributed by atoms with Crippen LogP contribution in [0.25, 0.3) is 0 Å². The fourth-order valence-corrected chi connectivity index (χ4v) is 3.08. The SMILES string of the molecule is CCCCCCCCC(O)C(O)CCCCCCCCC(=O)N(C)C. The van der Waals surface area contributed by atoms with E-state index in [0.29, 0.717) is 12.8 Å². The van der Waals surface area contributed by atoms with Gasteiger partial charge in [-0.1, -0.05) is 77.6 Å². The maximum atomic E-state index is 11.4. The molecule has 0 saturated carbocycles. The Labute approximate surface area is 156 Å². The highest BCUT2D eigenvalue weighted by Gasteiger charge is 2.15. The van der Waals surface area contributed by atoms with Gasteiger partial charge in [0.05, 0.1) is 12.2 Å². The molecule has 2 atom stereocenters. The highest BCUT2D eigenvalue weighted by molar-refractivity contribution is 5.75. The molecule has 2 N–H and O–H groups in total. The fraction of sp³-hybridized carbons (Fsp3) is 0.952. The largest absolute Gasteiger partial charge is 0.390 e. The van der Waals surface area contributed by atoms with Crippen molar-refractivity contribution >= 4 is 5.91 Å². The lowest BCUT2D eigenvalue weighted by molar-refractivity contribution is -0.128. The molecule has 0 rings (SSSR count). The van der Waals surface area contributed by atoms with Crippen molar-refractivity contribution in [2.75, 3.05) is 14.1 Å². The number of nitrogens with zero attached hydrogens (tertiary/aromatic N) is 1. The highest BCUT2D eigenvalue weighted by atomic mass is 16.3. The number of unbranched alkanes of at least 4 members (excludes halogenated alkanes) is 10. The van der Waals surface area contributed by atoms with Crippen molar-refractivity contribution < 1.29 is 15.0 Å². The zero-order valence-electron chi connectivity index (χ0n) is 17.0. The second-order valence-corrected chi connectivity index (χ2v) is 7.64. The average molecular weight is 358 g/mol. The molecule has 0 radical (unpaired) electrons. The highest BCUT2D eigenvalue weighted by Crippen LogP contribution is 2.15. The van der Waals surface area contributed by atoms with Crippen molar-refractivity contribution in [3.63, 3.8) is 0 Å². The Hall–Kier alpha value is -0.610. The topological polar surface area (TPSA) is 60.8 Å². The maximum Gasteiger partial charge on any atom is 0.222 e. The molecule has 0 fully saturated rings. The van der Waals surface area contributed by atoms with Crippen LogP contribution in [0.15, 0.2) is 0 Å². The molecule has 0 spiro atoms. The summed E-state index contributed by atoms with van der Waals surface area (Å²) in [6, 6.07) is 0. The number of hydrogen-bond donors (Lipinski definition) is 2. The molecule has 0 aliphatic carbocycles. The molecule has 4 nitrogen and oxygen atoms in total. The van der Waals surface area contributed by atoms with E-state index in [0.717, 1.165) is 51.4 Å². The Morgan fingerprint density at radius 2 is 1.12 bits per heavy atom. The van der Waals surface area contributed by atoms with Gasteiger partial charge in [-0.05, 0) is 19.3 Å². The summed E-state index contributed by atoms with van der Waals surface area (Å²) in [7, 11) is 3.60. The Bertz CT molecular complexity index is 308. The first kappa shape index (κ1) is 24.4. The minimum Gasteiger partial charge on any atom is -0.390 e. The van der Waals surface area contributed by atoms with Gasteiger partial charge in [-0.25, -0.2) is 0 Å². The van der Waals surface area contributed by atoms with Gasteiger partial charge in [-0.2, -0.15) is 0 Å². The number of carbonyl (C=O) groups is 1. The van der Waals surface area contributed by atoms with Crippen LogP contribution in [0.4, 0.5) is 0 Å².